The van der Waals surface area contributed by atoms with Crippen LogP contribution in [0.3, 0.4) is 0 Å². The van der Waals surface area contributed by atoms with Crippen LogP contribution in [0.2, 0.25) is 0 Å². The lowest BCUT2D eigenvalue weighted by Crippen LogP contribution is -2.52. The third kappa shape index (κ3) is 2.49. The zero-order valence-electron chi connectivity index (χ0n) is 14.0. The fraction of sp³-hybridized carbons (Fsp3) is 0.316. The van der Waals surface area contributed by atoms with E-state index in [-0.39, 0.29) is 17.7 Å². The second-order valence-electron chi connectivity index (χ2n) is 6.67. The number of hydrogen-bond acceptors (Lipinski definition) is 4. The molecule has 0 saturated heterocycles. The summed E-state index contributed by atoms with van der Waals surface area (Å²) in [5, 5.41) is 6.77. The second kappa shape index (κ2) is 5.65. The number of carbonyl (C=O) groups is 1. The molecule has 3 aromatic rings. The Kier molecular flexibility index (Phi) is 3.56. The number of fused-ring (bicyclic) bond motifs is 1. The largest absolute Gasteiger partial charge is 0.474 e. The van der Waals surface area contributed by atoms with Crippen LogP contribution in [0.15, 0.2) is 36.5 Å². The SMILES string of the molecule is CC(=O)C1(c2c(C)cccc2F)CC(Oc2ccc3[nH]ncc3n2)C1. The lowest BCUT2D eigenvalue weighted by Gasteiger charge is -2.46. The van der Waals surface area contributed by atoms with Crippen LogP contribution < -0.4 is 4.74 Å². The van der Waals surface area contributed by atoms with Crippen LogP contribution in [0.25, 0.3) is 11.0 Å². The Hall–Kier alpha value is -2.76. The molecule has 5 nitrogen and oxygen atoms in total. The van der Waals surface area contributed by atoms with E-state index < -0.39 is 5.41 Å². The molecule has 0 amide bonds. The lowest BCUT2D eigenvalue weighted by molar-refractivity contribution is -0.129. The number of halogens is 1. The Morgan fingerprint density at radius 2 is 2.12 bits per heavy atom. The van der Waals surface area contributed by atoms with Gasteiger partial charge < -0.3 is 4.74 Å². The quantitative estimate of drug-likeness (QED) is 0.790. The third-order valence-corrected chi connectivity index (χ3v) is 5.09. The van der Waals surface area contributed by atoms with Crippen molar-refractivity contribution < 1.29 is 13.9 Å². The number of rotatable bonds is 4. The predicted octanol–water partition coefficient (Wildman–Crippen LogP) is 3.47. The zero-order valence-corrected chi connectivity index (χ0v) is 14.0. The van der Waals surface area contributed by atoms with Gasteiger partial charge in [0.1, 0.15) is 23.2 Å². The molecule has 0 radical (unpaired) electrons. The summed E-state index contributed by atoms with van der Waals surface area (Å²) in [4.78, 5) is 16.7. The first-order chi connectivity index (χ1) is 12.0. The molecule has 0 aliphatic heterocycles. The Morgan fingerprint density at radius 1 is 1.32 bits per heavy atom. The van der Waals surface area contributed by atoms with Gasteiger partial charge in [-0.25, -0.2) is 9.37 Å². The molecular weight excluding hydrogens is 321 g/mol. The second-order valence-corrected chi connectivity index (χ2v) is 6.67. The van der Waals surface area contributed by atoms with Gasteiger partial charge in [-0.05, 0) is 31.5 Å². The van der Waals surface area contributed by atoms with Crippen molar-refractivity contribution in [2.75, 3.05) is 0 Å². The molecule has 1 saturated carbocycles. The number of benzene rings is 1. The average Bonchev–Trinajstić information content (AvgIpc) is 2.99. The summed E-state index contributed by atoms with van der Waals surface area (Å²) in [7, 11) is 0. The van der Waals surface area contributed by atoms with Crippen molar-refractivity contribution in [2.45, 2.75) is 38.2 Å². The Bertz CT molecular complexity index is 940. The van der Waals surface area contributed by atoms with Crippen molar-refractivity contribution in [2.24, 2.45) is 0 Å². The smallest absolute Gasteiger partial charge is 0.214 e. The molecule has 25 heavy (non-hydrogen) atoms. The molecule has 1 aliphatic rings. The number of aryl methyl sites for hydroxylation is 1. The fourth-order valence-electron chi connectivity index (χ4n) is 3.75. The van der Waals surface area contributed by atoms with E-state index in [1.165, 1.54) is 13.0 Å². The lowest BCUT2D eigenvalue weighted by atomic mass is 9.59. The summed E-state index contributed by atoms with van der Waals surface area (Å²) < 4.78 is 20.3. The number of aromatic nitrogens is 3. The summed E-state index contributed by atoms with van der Waals surface area (Å²) in [6, 6.07) is 8.53. The van der Waals surface area contributed by atoms with E-state index in [0.29, 0.717) is 24.3 Å². The highest BCUT2D eigenvalue weighted by atomic mass is 19.1. The molecule has 0 unspecified atom stereocenters. The maximum absolute atomic E-state index is 14.4. The first-order valence-electron chi connectivity index (χ1n) is 8.23. The molecule has 0 spiro atoms. The van der Waals surface area contributed by atoms with Crippen molar-refractivity contribution >= 4 is 16.8 Å². The van der Waals surface area contributed by atoms with Gasteiger partial charge in [0, 0.05) is 24.5 Å². The Morgan fingerprint density at radius 3 is 2.84 bits per heavy atom. The first kappa shape index (κ1) is 15.7. The number of H-pyrrole nitrogens is 1. The molecular formula is C19H18FN3O2. The van der Waals surface area contributed by atoms with Gasteiger partial charge in [0.05, 0.1) is 17.1 Å². The van der Waals surface area contributed by atoms with Crippen molar-refractivity contribution in [3.05, 3.63) is 53.5 Å². The molecule has 1 N–H and O–H groups in total. The molecule has 6 heteroatoms. The number of hydrogen-bond donors (Lipinski definition) is 1. The minimum atomic E-state index is -0.806. The van der Waals surface area contributed by atoms with Crippen LogP contribution in [0.1, 0.15) is 30.9 Å². The highest BCUT2D eigenvalue weighted by Crippen LogP contribution is 2.48. The normalized spacial score (nSPS) is 22.6. The fourth-order valence-corrected chi connectivity index (χ4v) is 3.75. The number of ketones is 1. The summed E-state index contributed by atoms with van der Waals surface area (Å²) >= 11 is 0. The van der Waals surface area contributed by atoms with Crippen molar-refractivity contribution in [1.29, 1.82) is 0 Å². The van der Waals surface area contributed by atoms with E-state index >= 15 is 0 Å². The molecule has 2 heterocycles. The average molecular weight is 339 g/mol. The molecule has 0 atom stereocenters. The molecule has 1 fully saturated rings. The van der Waals surface area contributed by atoms with E-state index in [1.807, 2.05) is 19.1 Å². The van der Waals surface area contributed by atoms with Gasteiger partial charge in [0.25, 0.3) is 0 Å². The maximum Gasteiger partial charge on any atom is 0.214 e. The minimum absolute atomic E-state index is 0.0289. The number of nitrogens with zero attached hydrogens (tertiary/aromatic N) is 2. The number of nitrogens with one attached hydrogen (secondary N) is 1. The van der Waals surface area contributed by atoms with Gasteiger partial charge in [-0.15, -0.1) is 0 Å². The van der Waals surface area contributed by atoms with Gasteiger partial charge in [-0.1, -0.05) is 12.1 Å². The van der Waals surface area contributed by atoms with E-state index in [2.05, 4.69) is 15.2 Å². The first-order valence-corrected chi connectivity index (χ1v) is 8.23. The molecule has 1 aliphatic carbocycles. The molecule has 1 aromatic carbocycles. The van der Waals surface area contributed by atoms with E-state index in [1.54, 1.807) is 18.3 Å². The summed E-state index contributed by atoms with van der Waals surface area (Å²) in [6.45, 7) is 3.36. The molecule has 128 valence electrons. The number of Topliss-reactive ketones (excluding diaryl/α,β-unsaturated/α-hetero) is 1. The number of ether oxygens (including phenoxy) is 1. The molecule has 2 aromatic heterocycles. The Balaban J connectivity index is 1.57. The molecule has 4 rings (SSSR count). The predicted molar refractivity (Wildman–Crippen MR) is 91.0 cm³/mol. The monoisotopic (exact) mass is 339 g/mol. The standard InChI is InChI=1S/C19H18FN3O2/c1-11-4-3-5-14(20)18(11)19(12(2)24)8-13(9-19)25-17-7-6-15-16(22-17)10-21-23-15/h3-7,10,13H,8-9H2,1-2H3,(H,21,23). The zero-order chi connectivity index (χ0) is 17.6. The highest BCUT2D eigenvalue weighted by Gasteiger charge is 2.52. The van der Waals surface area contributed by atoms with Crippen LogP contribution in [0, 0.1) is 12.7 Å². The van der Waals surface area contributed by atoms with E-state index in [0.717, 1.165) is 16.6 Å². The molecule has 0 bridgehead atoms. The van der Waals surface area contributed by atoms with Gasteiger partial charge in [0.2, 0.25) is 5.88 Å². The van der Waals surface area contributed by atoms with Crippen molar-refractivity contribution in [3.8, 4) is 5.88 Å². The van der Waals surface area contributed by atoms with Crippen molar-refractivity contribution in [1.82, 2.24) is 15.2 Å². The van der Waals surface area contributed by atoms with Gasteiger partial charge in [-0.3, -0.25) is 9.89 Å². The van der Waals surface area contributed by atoms with Crippen LogP contribution in [-0.2, 0) is 10.2 Å². The van der Waals surface area contributed by atoms with Crippen LogP contribution >= 0.6 is 0 Å². The van der Waals surface area contributed by atoms with Gasteiger partial charge >= 0.3 is 0 Å². The maximum atomic E-state index is 14.4. The summed E-state index contributed by atoms with van der Waals surface area (Å²) in [6.07, 6.45) is 2.37. The van der Waals surface area contributed by atoms with Crippen molar-refractivity contribution in [3.63, 3.8) is 0 Å². The van der Waals surface area contributed by atoms with Crippen LogP contribution in [0.4, 0.5) is 4.39 Å². The Labute approximate surface area is 144 Å². The number of aromatic amines is 1. The highest BCUT2D eigenvalue weighted by molar-refractivity contribution is 5.90. The topological polar surface area (TPSA) is 67.9 Å². The summed E-state index contributed by atoms with van der Waals surface area (Å²) in [5.74, 6) is 0.131. The van der Waals surface area contributed by atoms with Crippen LogP contribution in [-0.4, -0.2) is 27.1 Å². The third-order valence-electron chi connectivity index (χ3n) is 5.09. The van der Waals surface area contributed by atoms with Crippen LogP contribution in [0.5, 0.6) is 5.88 Å². The summed E-state index contributed by atoms with van der Waals surface area (Å²) in [5.41, 5.74) is 2.05. The van der Waals surface area contributed by atoms with E-state index in [4.69, 9.17) is 4.74 Å². The van der Waals surface area contributed by atoms with Gasteiger partial charge in [0.15, 0.2) is 0 Å². The number of carbonyl (C=O) groups excluding carboxylic acids is 1. The number of pyridine rings is 1. The van der Waals surface area contributed by atoms with Gasteiger partial charge in [-0.2, -0.15) is 5.10 Å². The minimum Gasteiger partial charge on any atom is -0.474 e. The van der Waals surface area contributed by atoms with E-state index in [9.17, 15) is 9.18 Å².